The Morgan fingerprint density at radius 1 is 1.30 bits per heavy atom. The highest BCUT2D eigenvalue weighted by molar-refractivity contribution is 7.14. The van der Waals surface area contributed by atoms with Crippen molar-refractivity contribution in [3.63, 3.8) is 0 Å². The van der Waals surface area contributed by atoms with E-state index in [4.69, 9.17) is 11.6 Å². The fraction of sp³-hybridized carbons (Fsp3) is 0.286. The molecule has 0 fully saturated rings. The van der Waals surface area contributed by atoms with Crippen molar-refractivity contribution in [3.8, 4) is 0 Å². The SMILES string of the molecule is Cc1cc(C)c([N+](=O)[O-])cc1NC(C)c1csc(Cl)c1. The van der Waals surface area contributed by atoms with Crippen LogP contribution in [0.2, 0.25) is 4.34 Å². The summed E-state index contributed by atoms with van der Waals surface area (Å²) in [5.41, 5.74) is 3.64. The van der Waals surface area contributed by atoms with E-state index in [1.54, 1.807) is 13.0 Å². The minimum absolute atomic E-state index is 0.0414. The van der Waals surface area contributed by atoms with E-state index in [0.717, 1.165) is 21.2 Å². The highest BCUT2D eigenvalue weighted by Gasteiger charge is 2.15. The van der Waals surface area contributed by atoms with Crippen LogP contribution in [0.3, 0.4) is 0 Å². The van der Waals surface area contributed by atoms with Crippen LogP contribution in [0.1, 0.15) is 29.7 Å². The number of nitrogens with zero attached hydrogens (tertiary/aromatic N) is 1. The Bertz CT molecular complexity index is 655. The molecule has 1 aromatic heterocycles. The Balaban J connectivity index is 2.29. The molecule has 0 aliphatic rings. The first-order valence-corrected chi connectivity index (χ1v) is 7.40. The minimum atomic E-state index is -0.355. The van der Waals surface area contributed by atoms with E-state index in [1.165, 1.54) is 11.3 Å². The number of rotatable bonds is 4. The normalized spacial score (nSPS) is 12.2. The van der Waals surface area contributed by atoms with Gasteiger partial charge in [-0.1, -0.05) is 11.6 Å². The largest absolute Gasteiger partial charge is 0.378 e. The summed E-state index contributed by atoms with van der Waals surface area (Å²) < 4.78 is 0.736. The van der Waals surface area contributed by atoms with Gasteiger partial charge in [0.15, 0.2) is 0 Å². The summed E-state index contributed by atoms with van der Waals surface area (Å²) in [7, 11) is 0. The fourth-order valence-corrected chi connectivity index (χ4v) is 3.04. The average molecular weight is 311 g/mol. The molecule has 1 aromatic carbocycles. The maximum Gasteiger partial charge on any atom is 0.274 e. The molecule has 1 N–H and O–H groups in total. The average Bonchev–Trinajstić information content (AvgIpc) is 2.79. The first kappa shape index (κ1) is 14.8. The Morgan fingerprint density at radius 3 is 2.55 bits per heavy atom. The third kappa shape index (κ3) is 3.11. The van der Waals surface area contributed by atoms with E-state index in [1.807, 2.05) is 31.4 Å². The standard InChI is InChI=1S/C14H15ClN2O2S/c1-8-4-9(2)13(17(18)19)6-12(8)16-10(3)11-5-14(15)20-7-11/h4-7,10,16H,1-3H3. The molecule has 106 valence electrons. The molecule has 2 aromatic rings. The Labute approximate surface area is 126 Å². The highest BCUT2D eigenvalue weighted by Crippen LogP contribution is 2.31. The summed E-state index contributed by atoms with van der Waals surface area (Å²) in [5.74, 6) is 0. The van der Waals surface area contributed by atoms with Crippen LogP contribution >= 0.6 is 22.9 Å². The van der Waals surface area contributed by atoms with E-state index in [2.05, 4.69) is 5.32 Å². The lowest BCUT2D eigenvalue weighted by Gasteiger charge is -2.16. The fourth-order valence-electron chi connectivity index (χ4n) is 2.06. The monoisotopic (exact) mass is 310 g/mol. The molecule has 0 saturated heterocycles. The van der Waals surface area contributed by atoms with Crippen molar-refractivity contribution < 1.29 is 4.92 Å². The van der Waals surface area contributed by atoms with E-state index >= 15 is 0 Å². The van der Waals surface area contributed by atoms with Crippen molar-refractivity contribution in [1.29, 1.82) is 0 Å². The molecule has 0 amide bonds. The van der Waals surface area contributed by atoms with Gasteiger partial charge in [-0.2, -0.15) is 0 Å². The smallest absolute Gasteiger partial charge is 0.274 e. The number of thiophene rings is 1. The van der Waals surface area contributed by atoms with Crippen LogP contribution < -0.4 is 5.32 Å². The van der Waals surface area contributed by atoms with Crippen LogP contribution in [0.25, 0.3) is 0 Å². The second-order valence-electron chi connectivity index (χ2n) is 4.76. The number of aryl methyl sites for hydroxylation is 2. The van der Waals surface area contributed by atoms with Crippen molar-refractivity contribution in [2.75, 3.05) is 5.32 Å². The number of benzene rings is 1. The number of anilines is 1. The van der Waals surface area contributed by atoms with Crippen LogP contribution in [0.5, 0.6) is 0 Å². The molecule has 0 aliphatic carbocycles. The van der Waals surface area contributed by atoms with Gasteiger partial charge < -0.3 is 5.32 Å². The summed E-state index contributed by atoms with van der Waals surface area (Å²) in [6.07, 6.45) is 0. The molecular weight excluding hydrogens is 296 g/mol. The maximum absolute atomic E-state index is 11.0. The predicted molar refractivity (Wildman–Crippen MR) is 83.9 cm³/mol. The number of nitro benzene ring substituents is 1. The molecule has 0 saturated carbocycles. The molecule has 0 spiro atoms. The maximum atomic E-state index is 11.0. The molecule has 6 heteroatoms. The highest BCUT2D eigenvalue weighted by atomic mass is 35.5. The topological polar surface area (TPSA) is 55.2 Å². The van der Waals surface area contributed by atoms with Gasteiger partial charge in [0.25, 0.3) is 5.69 Å². The summed E-state index contributed by atoms with van der Waals surface area (Å²) in [6, 6.07) is 5.37. The lowest BCUT2D eigenvalue weighted by Crippen LogP contribution is -2.07. The molecular formula is C14H15ClN2O2S. The summed E-state index contributed by atoms with van der Waals surface area (Å²) in [4.78, 5) is 10.7. The zero-order chi connectivity index (χ0) is 14.9. The third-order valence-corrected chi connectivity index (χ3v) is 4.31. The molecule has 1 heterocycles. The molecule has 1 atom stereocenters. The van der Waals surface area contributed by atoms with Gasteiger partial charge in [0.05, 0.1) is 9.26 Å². The van der Waals surface area contributed by atoms with Gasteiger partial charge in [0, 0.05) is 23.4 Å². The third-order valence-electron chi connectivity index (χ3n) is 3.20. The van der Waals surface area contributed by atoms with Crippen molar-refractivity contribution in [2.45, 2.75) is 26.8 Å². The van der Waals surface area contributed by atoms with E-state index < -0.39 is 0 Å². The molecule has 0 radical (unpaired) electrons. The zero-order valence-electron chi connectivity index (χ0n) is 11.4. The van der Waals surface area contributed by atoms with E-state index in [0.29, 0.717) is 5.56 Å². The Kier molecular flexibility index (Phi) is 4.30. The number of nitro groups is 1. The molecule has 0 aliphatic heterocycles. The lowest BCUT2D eigenvalue weighted by molar-refractivity contribution is -0.385. The Hall–Kier alpha value is -1.59. The minimum Gasteiger partial charge on any atom is -0.378 e. The van der Waals surface area contributed by atoms with E-state index in [-0.39, 0.29) is 16.7 Å². The number of halogens is 1. The number of nitrogens with one attached hydrogen (secondary N) is 1. The van der Waals surface area contributed by atoms with Gasteiger partial charge in [-0.3, -0.25) is 10.1 Å². The second kappa shape index (κ2) is 5.81. The zero-order valence-corrected chi connectivity index (χ0v) is 13.0. The summed E-state index contributed by atoms with van der Waals surface area (Å²) >= 11 is 7.40. The van der Waals surface area contributed by atoms with Crippen LogP contribution in [-0.2, 0) is 0 Å². The molecule has 0 bridgehead atoms. The van der Waals surface area contributed by atoms with Gasteiger partial charge in [0.1, 0.15) is 0 Å². The number of hydrogen-bond donors (Lipinski definition) is 1. The second-order valence-corrected chi connectivity index (χ2v) is 6.30. The van der Waals surface area contributed by atoms with Gasteiger partial charge in [0.2, 0.25) is 0 Å². The molecule has 20 heavy (non-hydrogen) atoms. The van der Waals surface area contributed by atoms with Gasteiger partial charge in [-0.25, -0.2) is 0 Å². The number of hydrogen-bond acceptors (Lipinski definition) is 4. The van der Waals surface area contributed by atoms with Gasteiger partial charge >= 0.3 is 0 Å². The predicted octanol–water partition coefficient (Wildman–Crippen LogP) is 5.10. The summed E-state index contributed by atoms with van der Waals surface area (Å²) in [6.45, 7) is 5.69. The Morgan fingerprint density at radius 2 is 2.00 bits per heavy atom. The molecule has 4 nitrogen and oxygen atoms in total. The van der Waals surface area contributed by atoms with Gasteiger partial charge in [-0.05, 0) is 49.4 Å². The van der Waals surface area contributed by atoms with Crippen molar-refractivity contribution in [1.82, 2.24) is 0 Å². The molecule has 2 rings (SSSR count). The first-order valence-electron chi connectivity index (χ1n) is 6.14. The summed E-state index contributed by atoms with van der Waals surface area (Å²) in [5, 5.41) is 16.3. The molecule has 1 unspecified atom stereocenters. The van der Waals surface area contributed by atoms with Crippen LogP contribution in [0, 0.1) is 24.0 Å². The van der Waals surface area contributed by atoms with Crippen LogP contribution in [0.15, 0.2) is 23.6 Å². The lowest BCUT2D eigenvalue weighted by atomic mass is 10.1. The van der Waals surface area contributed by atoms with Crippen LogP contribution in [-0.4, -0.2) is 4.92 Å². The quantitative estimate of drug-likeness (QED) is 0.631. The van der Waals surface area contributed by atoms with Gasteiger partial charge in [-0.15, -0.1) is 11.3 Å². The van der Waals surface area contributed by atoms with Crippen molar-refractivity contribution in [2.24, 2.45) is 0 Å². The van der Waals surface area contributed by atoms with E-state index in [9.17, 15) is 10.1 Å². The van der Waals surface area contributed by atoms with Crippen molar-refractivity contribution in [3.05, 3.63) is 54.7 Å². The first-order chi connectivity index (χ1) is 9.38. The van der Waals surface area contributed by atoms with Crippen LogP contribution in [0.4, 0.5) is 11.4 Å². The van der Waals surface area contributed by atoms with Crippen molar-refractivity contribution >= 4 is 34.3 Å².